The van der Waals surface area contributed by atoms with E-state index in [-0.39, 0.29) is 11.6 Å². The van der Waals surface area contributed by atoms with Gasteiger partial charge in [0.25, 0.3) is 0 Å². The largest absolute Gasteiger partial charge is 0.573 e. The van der Waals surface area contributed by atoms with E-state index in [2.05, 4.69) is 4.74 Å². The summed E-state index contributed by atoms with van der Waals surface area (Å²) in [4.78, 5) is 0. The minimum Gasteiger partial charge on any atom is -0.406 e. The van der Waals surface area contributed by atoms with Crippen LogP contribution in [0.25, 0.3) is 11.1 Å². The molecule has 0 aliphatic heterocycles. The van der Waals surface area contributed by atoms with Crippen LogP contribution in [0.3, 0.4) is 0 Å². The zero-order valence-corrected chi connectivity index (χ0v) is 10.8. The van der Waals surface area contributed by atoms with Gasteiger partial charge in [-0.3, -0.25) is 0 Å². The predicted molar refractivity (Wildman–Crippen MR) is 68.1 cm³/mol. The molecule has 1 nitrogen and oxygen atoms in total. The minimum absolute atomic E-state index is 0.105. The van der Waals surface area contributed by atoms with Crippen LogP contribution in [0.1, 0.15) is 5.56 Å². The average Bonchev–Trinajstić information content (AvgIpc) is 2.38. The van der Waals surface area contributed by atoms with Crippen LogP contribution in [0.5, 0.6) is 5.75 Å². The van der Waals surface area contributed by atoms with Crippen LogP contribution in [0.4, 0.5) is 17.6 Å². The van der Waals surface area contributed by atoms with Gasteiger partial charge in [-0.05, 0) is 41.0 Å². The molecule has 0 saturated heterocycles. The van der Waals surface area contributed by atoms with Crippen molar-refractivity contribution < 1.29 is 22.3 Å². The van der Waals surface area contributed by atoms with Crippen LogP contribution < -0.4 is 4.74 Å². The molecule has 0 unspecified atom stereocenters. The summed E-state index contributed by atoms with van der Waals surface area (Å²) in [6, 6.07) is 9.42. The molecule has 0 saturated carbocycles. The summed E-state index contributed by atoms with van der Waals surface area (Å²) < 4.78 is 53.0. The molecule has 6 heteroatoms. The van der Waals surface area contributed by atoms with E-state index in [4.69, 9.17) is 11.6 Å². The number of alkyl halides is 4. The lowest BCUT2D eigenvalue weighted by Crippen LogP contribution is -2.16. The van der Waals surface area contributed by atoms with Gasteiger partial charge in [0, 0.05) is 5.88 Å². The predicted octanol–water partition coefficient (Wildman–Crippen LogP) is 5.13. The average molecular weight is 305 g/mol. The van der Waals surface area contributed by atoms with Gasteiger partial charge in [-0.2, -0.15) is 0 Å². The standard InChI is InChI=1S/C14H9ClF4O/c15-8-10-7-11(16)3-6-13(10)9-1-4-12(5-2-9)20-14(17,18)19/h1-7H,8H2. The molecule has 0 radical (unpaired) electrons. The summed E-state index contributed by atoms with van der Waals surface area (Å²) >= 11 is 5.73. The van der Waals surface area contributed by atoms with Crippen LogP contribution in [0.15, 0.2) is 42.5 Å². The van der Waals surface area contributed by atoms with Crippen molar-refractivity contribution in [2.75, 3.05) is 0 Å². The second-order valence-corrected chi connectivity index (χ2v) is 4.27. The molecule has 0 heterocycles. The van der Waals surface area contributed by atoms with Crippen molar-refractivity contribution in [3.05, 3.63) is 53.8 Å². The molecule has 0 fully saturated rings. The molecule has 0 aromatic heterocycles. The number of rotatable bonds is 3. The van der Waals surface area contributed by atoms with Crippen LogP contribution in [0, 0.1) is 5.82 Å². The van der Waals surface area contributed by atoms with Crippen molar-refractivity contribution in [2.45, 2.75) is 12.2 Å². The first-order chi connectivity index (χ1) is 9.39. The van der Waals surface area contributed by atoms with E-state index in [1.807, 2.05) is 0 Å². The monoisotopic (exact) mass is 304 g/mol. The summed E-state index contributed by atoms with van der Waals surface area (Å²) in [7, 11) is 0. The molecule has 2 aromatic rings. The van der Waals surface area contributed by atoms with Crippen molar-refractivity contribution >= 4 is 11.6 Å². The Labute approximate surface area is 117 Å². The third kappa shape index (κ3) is 3.63. The maximum atomic E-state index is 13.1. The summed E-state index contributed by atoms with van der Waals surface area (Å²) in [6.07, 6.45) is -4.72. The highest BCUT2D eigenvalue weighted by Crippen LogP contribution is 2.29. The second-order valence-electron chi connectivity index (χ2n) is 4.01. The minimum atomic E-state index is -4.72. The van der Waals surface area contributed by atoms with Crippen LogP contribution in [-0.2, 0) is 5.88 Å². The number of hydrogen-bond donors (Lipinski definition) is 0. The third-order valence-corrected chi connectivity index (χ3v) is 2.90. The van der Waals surface area contributed by atoms with Gasteiger partial charge in [0.1, 0.15) is 11.6 Å². The smallest absolute Gasteiger partial charge is 0.406 e. The summed E-state index contributed by atoms with van der Waals surface area (Å²) in [5.41, 5.74) is 1.87. The quantitative estimate of drug-likeness (QED) is 0.564. The Morgan fingerprint density at radius 3 is 2.20 bits per heavy atom. The molecule has 0 spiro atoms. The molecular formula is C14H9ClF4O. The Balaban J connectivity index is 2.30. The van der Waals surface area contributed by atoms with Gasteiger partial charge in [0.2, 0.25) is 0 Å². The van der Waals surface area contributed by atoms with Gasteiger partial charge < -0.3 is 4.74 Å². The number of ether oxygens (including phenoxy) is 1. The van der Waals surface area contributed by atoms with Crippen molar-refractivity contribution in [1.82, 2.24) is 0 Å². The molecule has 0 bridgehead atoms. The number of hydrogen-bond acceptors (Lipinski definition) is 1. The summed E-state index contributed by atoms with van der Waals surface area (Å²) in [5.74, 6) is -0.620. The Morgan fingerprint density at radius 2 is 1.65 bits per heavy atom. The van der Waals surface area contributed by atoms with Crippen molar-refractivity contribution in [3.63, 3.8) is 0 Å². The topological polar surface area (TPSA) is 9.23 Å². The lowest BCUT2D eigenvalue weighted by molar-refractivity contribution is -0.274. The summed E-state index contributed by atoms with van der Waals surface area (Å²) in [6.45, 7) is 0. The maximum absolute atomic E-state index is 13.1. The first kappa shape index (κ1) is 14.7. The van der Waals surface area contributed by atoms with Crippen LogP contribution in [0.2, 0.25) is 0 Å². The molecule has 20 heavy (non-hydrogen) atoms. The van der Waals surface area contributed by atoms with Gasteiger partial charge in [-0.1, -0.05) is 18.2 Å². The maximum Gasteiger partial charge on any atom is 0.573 e. The SMILES string of the molecule is Fc1ccc(-c2ccc(OC(F)(F)F)cc2)c(CCl)c1. The molecular weight excluding hydrogens is 296 g/mol. The molecule has 2 rings (SSSR count). The van der Waals surface area contributed by atoms with Crippen LogP contribution in [-0.4, -0.2) is 6.36 Å². The Hall–Kier alpha value is -1.75. The van der Waals surface area contributed by atoms with Gasteiger partial charge in [-0.15, -0.1) is 24.8 Å². The van der Waals surface area contributed by atoms with Gasteiger partial charge in [0.15, 0.2) is 0 Å². The molecule has 0 aliphatic carbocycles. The van der Waals surface area contributed by atoms with E-state index in [0.717, 1.165) is 0 Å². The third-order valence-electron chi connectivity index (χ3n) is 2.61. The fourth-order valence-corrected chi connectivity index (χ4v) is 2.01. The highest BCUT2D eigenvalue weighted by atomic mass is 35.5. The first-order valence-corrected chi connectivity index (χ1v) is 6.13. The Bertz CT molecular complexity index is 593. The van der Waals surface area contributed by atoms with E-state index in [0.29, 0.717) is 16.7 Å². The fraction of sp³-hybridized carbons (Fsp3) is 0.143. The Kier molecular flexibility index (Phi) is 4.18. The van der Waals surface area contributed by atoms with Crippen molar-refractivity contribution in [3.8, 4) is 16.9 Å². The zero-order chi connectivity index (χ0) is 14.8. The second kappa shape index (κ2) is 5.71. The zero-order valence-electron chi connectivity index (χ0n) is 10.0. The molecule has 2 aromatic carbocycles. The highest BCUT2D eigenvalue weighted by Gasteiger charge is 2.30. The highest BCUT2D eigenvalue weighted by molar-refractivity contribution is 6.17. The molecule has 0 aliphatic rings. The first-order valence-electron chi connectivity index (χ1n) is 5.59. The molecule has 0 amide bonds. The number of halogens is 5. The summed E-state index contributed by atoms with van der Waals surface area (Å²) in [5, 5.41) is 0. The van der Waals surface area contributed by atoms with E-state index in [9.17, 15) is 17.6 Å². The van der Waals surface area contributed by atoms with E-state index in [1.54, 1.807) is 0 Å². The lowest BCUT2D eigenvalue weighted by Gasteiger charge is -2.11. The van der Waals surface area contributed by atoms with Gasteiger partial charge in [0.05, 0.1) is 0 Å². The fourth-order valence-electron chi connectivity index (χ4n) is 1.79. The van der Waals surface area contributed by atoms with Crippen molar-refractivity contribution in [2.24, 2.45) is 0 Å². The Morgan fingerprint density at radius 1 is 1.00 bits per heavy atom. The molecule has 0 N–H and O–H groups in total. The van der Waals surface area contributed by atoms with Crippen molar-refractivity contribution in [1.29, 1.82) is 0 Å². The van der Waals surface area contributed by atoms with Gasteiger partial charge >= 0.3 is 6.36 Å². The van der Waals surface area contributed by atoms with Gasteiger partial charge in [-0.25, -0.2) is 4.39 Å². The van der Waals surface area contributed by atoms with E-state index >= 15 is 0 Å². The normalized spacial score (nSPS) is 11.4. The van der Waals surface area contributed by atoms with Crippen LogP contribution >= 0.6 is 11.6 Å². The number of benzene rings is 2. The lowest BCUT2D eigenvalue weighted by atomic mass is 10.0. The molecule has 0 atom stereocenters. The van der Waals surface area contributed by atoms with E-state index in [1.165, 1.54) is 42.5 Å². The molecule has 106 valence electrons. The van der Waals surface area contributed by atoms with E-state index < -0.39 is 12.2 Å².